The Hall–Kier alpha value is -3.23. The van der Waals surface area contributed by atoms with Gasteiger partial charge in [0.05, 0.1) is 0 Å². The zero-order valence-electron chi connectivity index (χ0n) is 11.5. The number of nitrogens with zero attached hydrogens (tertiary/aromatic N) is 2. The highest BCUT2D eigenvalue weighted by Crippen LogP contribution is 2.26. The summed E-state index contributed by atoms with van der Waals surface area (Å²) in [5.74, 6) is -1.70. The van der Waals surface area contributed by atoms with Crippen molar-refractivity contribution in [2.75, 3.05) is 5.32 Å². The van der Waals surface area contributed by atoms with E-state index >= 15 is 0 Å². The van der Waals surface area contributed by atoms with Crippen molar-refractivity contribution < 1.29 is 31.9 Å². The smallest absolute Gasteiger partial charge is 0.452 e. The Labute approximate surface area is 131 Å². The van der Waals surface area contributed by atoms with Crippen LogP contribution in [0.2, 0.25) is 0 Å². The second kappa shape index (κ2) is 7.86. The quantitative estimate of drug-likeness (QED) is 0.624. The zero-order chi connectivity index (χ0) is 18.3. The molecule has 0 aliphatic carbocycles. The van der Waals surface area contributed by atoms with Crippen molar-refractivity contribution in [3.05, 3.63) is 29.2 Å². The van der Waals surface area contributed by atoms with Gasteiger partial charge in [-0.05, 0) is 29.4 Å². The molecular weight excluding hydrogens is 340 g/mol. The summed E-state index contributed by atoms with van der Waals surface area (Å²) in [7, 11) is 0. The van der Waals surface area contributed by atoms with E-state index in [4.69, 9.17) is 5.26 Å². The number of benzene rings is 1. The Balaban J connectivity index is 2.61. The van der Waals surface area contributed by atoms with Crippen LogP contribution in [0.3, 0.4) is 0 Å². The van der Waals surface area contributed by atoms with Gasteiger partial charge in [0.15, 0.2) is 0 Å². The lowest BCUT2D eigenvalue weighted by Crippen LogP contribution is -2.39. The minimum Gasteiger partial charge on any atom is -0.452 e. The molecule has 0 aliphatic rings. The van der Waals surface area contributed by atoms with Crippen LogP contribution in [0, 0.1) is 16.2 Å². The summed E-state index contributed by atoms with van der Waals surface area (Å²) < 4.78 is 52.6. The molecule has 1 aromatic rings. The number of carbonyl (C=O) groups excluding carboxylic acids is 2. The van der Waals surface area contributed by atoms with Crippen LogP contribution in [0.4, 0.5) is 28.0 Å². The lowest BCUT2D eigenvalue weighted by molar-refractivity contribution is -0.236. The van der Waals surface area contributed by atoms with Gasteiger partial charge in [-0.2, -0.15) is 22.8 Å². The first-order valence-corrected chi connectivity index (χ1v) is 5.99. The molecule has 0 aliphatic heterocycles. The fourth-order valence-electron chi connectivity index (χ4n) is 1.28. The molecule has 128 valence electrons. The van der Waals surface area contributed by atoms with Gasteiger partial charge in [-0.1, -0.05) is 0 Å². The summed E-state index contributed by atoms with van der Waals surface area (Å²) in [4.78, 5) is 32.8. The van der Waals surface area contributed by atoms with Gasteiger partial charge in [0.25, 0.3) is 11.9 Å². The van der Waals surface area contributed by atoms with Crippen molar-refractivity contribution >= 4 is 17.6 Å². The monoisotopic (exact) mass is 348 g/mol. The van der Waals surface area contributed by atoms with Crippen molar-refractivity contribution in [1.82, 2.24) is 5.32 Å². The number of hydrogen-bond acceptors (Lipinski definition) is 6. The van der Waals surface area contributed by atoms with Crippen LogP contribution >= 0.6 is 0 Å². The molecule has 0 spiro atoms. The van der Waals surface area contributed by atoms with Gasteiger partial charge < -0.3 is 10.1 Å². The SMILES string of the molecule is N#CC(N=O)C(=O)NC(=O)Nc1ccc(OC(F)C(F)(F)F)cc1. The number of rotatable bonds is 5. The largest absolute Gasteiger partial charge is 0.457 e. The average Bonchev–Trinajstić information content (AvgIpc) is 2.49. The number of ether oxygens (including phenoxy) is 1. The normalized spacial score (nSPS) is 13.1. The van der Waals surface area contributed by atoms with E-state index in [0.29, 0.717) is 0 Å². The van der Waals surface area contributed by atoms with Crippen molar-refractivity contribution in [3.8, 4) is 11.8 Å². The summed E-state index contributed by atoms with van der Waals surface area (Å²) in [5, 5.41) is 14.3. The highest BCUT2D eigenvalue weighted by atomic mass is 19.4. The average molecular weight is 348 g/mol. The van der Waals surface area contributed by atoms with Gasteiger partial charge in [0.2, 0.25) is 0 Å². The topological polar surface area (TPSA) is 121 Å². The maximum Gasteiger partial charge on any atom is 0.457 e. The highest BCUT2D eigenvalue weighted by Gasteiger charge is 2.42. The second-order valence-corrected chi connectivity index (χ2v) is 4.08. The number of imide groups is 1. The van der Waals surface area contributed by atoms with Crippen molar-refractivity contribution in [3.63, 3.8) is 0 Å². The predicted molar refractivity (Wildman–Crippen MR) is 70.4 cm³/mol. The molecule has 0 radical (unpaired) electrons. The van der Waals surface area contributed by atoms with Crippen LogP contribution in [0.1, 0.15) is 0 Å². The molecule has 1 aromatic carbocycles. The number of nitriles is 1. The second-order valence-electron chi connectivity index (χ2n) is 4.08. The first-order valence-electron chi connectivity index (χ1n) is 5.99. The van der Waals surface area contributed by atoms with Gasteiger partial charge in [-0.25, -0.2) is 4.79 Å². The fraction of sp³-hybridized carbons (Fsp3) is 0.250. The Kier molecular flexibility index (Phi) is 6.16. The molecule has 8 nitrogen and oxygen atoms in total. The molecule has 0 fully saturated rings. The third-order valence-electron chi connectivity index (χ3n) is 2.32. The van der Waals surface area contributed by atoms with Gasteiger partial charge in [0.1, 0.15) is 11.8 Å². The summed E-state index contributed by atoms with van der Waals surface area (Å²) in [6.45, 7) is 0. The molecule has 2 unspecified atom stereocenters. The maximum absolute atomic E-state index is 12.7. The van der Waals surface area contributed by atoms with Crippen LogP contribution in [-0.4, -0.2) is 30.5 Å². The lowest BCUT2D eigenvalue weighted by atomic mass is 10.3. The van der Waals surface area contributed by atoms with Gasteiger partial charge in [-0.3, -0.25) is 10.1 Å². The predicted octanol–water partition coefficient (Wildman–Crippen LogP) is 2.23. The van der Waals surface area contributed by atoms with E-state index in [0.717, 1.165) is 24.3 Å². The Bertz CT molecular complexity index is 657. The van der Waals surface area contributed by atoms with Gasteiger partial charge in [0, 0.05) is 5.69 Å². The Morgan fingerprint density at radius 1 is 1.25 bits per heavy atom. The van der Waals surface area contributed by atoms with Crippen molar-refractivity contribution in [2.24, 2.45) is 5.18 Å². The molecule has 0 bridgehead atoms. The van der Waals surface area contributed by atoms with E-state index in [9.17, 15) is 32.1 Å². The fourth-order valence-corrected chi connectivity index (χ4v) is 1.28. The minimum atomic E-state index is -5.18. The number of urea groups is 1. The molecule has 12 heteroatoms. The van der Waals surface area contributed by atoms with E-state index in [2.05, 4.69) is 15.2 Å². The third kappa shape index (κ3) is 5.52. The number of carbonyl (C=O) groups is 2. The van der Waals surface area contributed by atoms with Crippen LogP contribution in [0.5, 0.6) is 5.75 Å². The summed E-state index contributed by atoms with van der Waals surface area (Å²) >= 11 is 0. The zero-order valence-corrected chi connectivity index (χ0v) is 11.5. The maximum atomic E-state index is 12.7. The first kappa shape index (κ1) is 18.8. The molecular formula is C12H8F4N4O4. The molecule has 2 N–H and O–H groups in total. The van der Waals surface area contributed by atoms with Crippen LogP contribution in [-0.2, 0) is 4.79 Å². The standard InChI is InChI=1S/C12H8F4N4O4/c13-10(12(14,15)16)24-7-3-1-6(2-4-7)18-11(22)19-9(21)8(5-17)20-23/h1-4,8,10H,(H2,18,19,21,22). The Morgan fingerprint density at radius 2 is 1.83 bits per heavy atom. The Morgan fingerprint density at radius 3 is 2.29 bits per heavy atom. The summed E-state index contributed by atoms with van der Waals surface area (Å²) in [6, 6.07) is 2.26. The van der Waals surface area contributed by atoms with Crippen LogP contribution in [0.15, 0.2) is 29.4 Å². The molecule has 0 heterocycles. The molecule has 0 saturated carbocycles. The van der Waals surface area contributed by atoms with Gasteiger partial charge in [-0.15, -0.1) is 4.91 Å². The molecule has 0 aromatic heterocycles. The third-order valence-corrected chi connectivity index (χ3v) is 2.32. The number of halogens is 4. The first-order chi connectivity index (χ1) is 11.2. The molecule has 24 heavy (non-hydrogen) atoms. The molecule has 3 amide bonds. The van der Waals surface area contributed by atoms with Crippen molar-refractivity contribution in [2.45, 2.75) is 18.6 Å². The lowest BCUT2D eigenvalue weighted by Gasteiger charge is -2.14. The number of nitroso groups, excluding NO2 is 1. The van der Waals surface area contributed by atoms with Crippen LogP contribution < -0.4 is 15.4 Å². The summed E-state index contributed by atoms with van der Waals surface area (Å²) in [6.07, 6.45) is -8.68. The summed E-state index contributed by atoms with van der Waals surface area (Å²) in [5.41, 5.74) is 0.0163. The number of hydrogen-bond donors (Lipinski definition) is 2. The minimum absolute atomic E-state index is 0.0163. The molecule has 2 atom stereocenters. The van der Waals surface area contributed by atoms with E-state index in [1.165, 1.54) is 6.07 Å². The molecule has 1 rings (SSSR count). The van der Waals surface area contributed by atoms with E-state index in [1.807, 2.05) is 0 Å². The van der Waals surface area contributed by atoms with E-state index < -0.39 is 36.3 Å². The van der Waals surface area contributed by atoms with E-state index in [-0.39, 0.29) is 5.69 Å². The van der Waals surface area contributed by atoms with Crippen molar-refractivity contribution in [1.29, 1.82) is 5.26 Å². The number of nitrogens with one attached hydrogen (secondary N) is 2. The number of alkyl halides is 4. The number of anilines is 1. The number of amides is 3. The highest BCUT2D eigenvalue weighted by molar-refractivity contribution is 6.03. The van der Waals surface area contributed by atoms with E-state index in [1.54, 1.807) is 5.32 Å². The molecule has 0 saturated heterocycles. The van der Waals surface area contributed by atoms with Gasteiger partial charge >= 0.3 is 18.6 Å². The van der Waals surface area contributed by atoms with Crippen LogP contribution in [0.25, 0.3) is 0 Å².